The Balaban J connectivity index is 3.09. The predicted molar refractivity (Wildman–Crippen MR) is 69.3 cm³/mol. The van der Waals surface area contributed by atoms with Gasteiger partial charge in [0.1, 0.15) is 11.7 Å². The quantitative estimate of drug-likeness (QED) is 0.477. The van der Waals surface area contributed by atoms with E-state index in [-0.39, 0.29) is 17.2 Å². The smallest absolute Gasteiger partial charge is 0.285 e. The molecule has 10 heteroatoms. The molecule has 0 radical (unpaired) electrons. The average Bonchev–Trinajstić information content (AvgIpc) is 2.43. The summed E-state index contributed by atoms with van der Waals surface area (Å²) in [5.74, 6) is 0. The molecule has 2 aromatic rings. The van der Waals surface area contributed by atoms with Gasteiger partial charge in [-0.2, -0.15) is 0 Å². The van der Waals surface area contributed by atoms with E-state index in [1.54, 1.807) is 0 Å². The van der Waals surface area contributed by atoms with E-state index in [1.165, 1.54) is 0 Å². The largest absolute Gasteiger partial charge is 0.298 e. The van der Waals surface area contributed by atoms with Gasteiger partial charge in [-0.25, -0.2) is 0 Å². The first-order valence-electron chi connectivity index (χ1n) is 5.36. The van der Waals surface area contributed by atoms with Crippen LogP contribution in [0.2, 0.25) is 0 Å². The van der Waals surface area contributed by atoms with E-state index < -0.39 is 37.2 Å². The summed E-state index contributed by atoms with van der Waals surface area (Å²) in [5.41, 5.74) is -2.11. The topological polar surface area (TPSA) is 146 Å². The Morgan fingerprint density at radius 2 is 1.33 bits per heavy atom. The molecule has 2 rings (SSSR count). The van der Waals surface area contributed by atoms with Crippen LogP contribution in [0, 0.1) is 30.3 Å². The number of nitro benzene ring substituents is 3. The van der Waals surface area contributed by atoms with Gasteiger partial charge in [-0.15, -0.1) is 0 Å². The molecule has 0 amide bonds. The molecule has 0 aromatic heterocycles. The molecule has 0 spiro atoms. The predicted octanol–water partition coefficient (Wildman–Crippen LogP) is 2.38. The van der Waals surface area contributed by atoms with E-state index in [2.05, 4.69) is 0 Å². The Bertz CT molecular complexity index is 815. The highest BCUT2D eigenvalue weighted by Gasteiger charge is 2.28. The number of aldehydes is 1. The average molecular weight is 291 g/mol. The molecular weight excluding hydrogens is 286 g/mol. The summed E-state index contributed by atoms with van der Waals surface area (Å²) in [6.07, 6.45) is 0.273. The number of nitrogens with zero attached hydrogens (tertiary/aromatic N) is 3. The van der Waals surface area contributed by atoms with Gasteiger partial charge in [0, 0.05) is 23.8 Å². The summed E-state index contributed by atoms with van der Waals surface area (Å²) in [6.45, 7) is 0. The number of carbonyl (C=O) groups is 1. The van der Waals surface area contributed by atoms with Gasteiger partial charge in [0.2, 0.25) is 0 Å². The summed E-state index contributed by atoms with van der Waals surface area (Å²) in [4.78, 5) is 41.1. The van der Waals surface area contributed by atoms with Gasteiger partial charge in [-0.05, 0) is 6.07 Å². The molecule has 0 unspecified atom stereocenters. The zero-order valence-electron chi connectivity index (χ0n) is 10.1. The van der Waals surface area contributed by atoms with Gasteiger partial charge < -0.3 is 0 Å². The molecular formula is C11H5N3O7. The lowest BCUT2D eigenvalue weighted by molar-refractivity contribution is -0.391. The van der Waals surface area contributed by atoms with Crippen molar-refractivity contribution in [1.82, 2.24) is 0 Å². The first-order chi connectivity index (χ1) is 9.86. The Hall–Kier alpha value is -3.43. The van der Waals surface area contributed by atoms with Crippen molar-refractivity contribution in [3.05, 3.63) is 60.2 Å². The van der Waals surface area contributed by atoms with Crippen LogP contribution in [0.25, 0.3) is 10.8 Å². The number of carbonyl (C=O) groups excluding carboxylic acids is 1. The molecule has 0 aliphatic carbocycles. The molecule has 10 nitrogen and oxygen atoms in total. The summed E-state index contributed by atoms with van der Waals surface area (Å²) >= 11 is 0. The maximum atomic E-state index is 11.0. The van der Waals surface area contributed by atoms with E-state index in [0.717, 1.165) is 24.3 Å². The van der Waals surface area contributed by atoms with E-state index in [4.69, 9.17) is 0 Å². The number of hydrogen-bond acceptors (Lipinski definition) is 7. The lowest BCUT2D eigenvalue weighted by Crippen LogP contribution is -1.99. The lowest BCUT2D eigenvalue weighted by atomic mass is 10.0. The van der Waals surface area contributed by atoms with Crippen LogP contribution >= 0.6 is 0 Å². The maximum Gasteiger partial charge on any atom is 0.285 e. The molecule has 0 atom stereocenters. The van der Waals surface area contributed by atoms with Crippen LogP contribution in [0.4, 0.5) is 17.1 Å². The normalized spacial score (nSPS) is 10.3. The van der Waals surface area contributed by atoms with Crippen molar-refractivity contribution in [1.29, 1.82) is 0 Å². The van der Waals surface area contributed by atoms with Crippen LogP contribution in [0.1, 0.15) is 10.4 Å². The third-order valence-corrected chi connectivity index (χ3v) is 2.80. The van der Waals surface area contributed by atoms with Crippen LogP contribution in [-0.2, 0) is 0 Å². The summed E-state index contributed by atoms with van der Waals surface area (Å²) < 4.78 is 0. The number of fused-ring (bicyclic) bond motifs is 1. The van der Waals surface area contributed by atoms with Gasteiger partial charge in [0.25, 0.3) is 17.1 Å². The molecule has 106 valence electrons. The fourth-order valence-corrected chi connectivity index (χ4v) is 1.97. The Labute approximate surface area is 115 Å². The SMILES string of the molecule is O=Cc1cc([N+](=O)[O-])c2c([N+](=O)[O-])ccc([N+](=O)[O-])c2c1. The third-order valence-electron chi connectivity index (χ3n) is 2.80. The van der Waals surface area contributed by atoms with Gasteiger partial charge >= 0.3 is 0 Å². The van der Waals surface area contributed by atoms with Crippen molar-refractivity contribution in [2.45, 2.75) is 0 Å². The minimum absolute atomic E-state index is 0.183. The van der Waals surface area contributed by atoms with Crippen LogP contribution < -0.4 is 0 Å². The van der Waals surface area contributed by atoms with E-state index in [0.29, 0.717) is 0 Å². The highest BCUT2D eigenvalue weighted by Crippen LogP contribution is 2.39. The van der Waals surface area contributed by atoms with Crippen LogP contribution in [0.15, 0.2) is 24.3 Å². The Morgan fingerprint density at radius 3 is 1.81 bits per heavy atom. The summed E-state index contributed by atoms with van der Waals surface area (Å²) in [6, 6.07) is 3.55. The molecule has 0 aliphatic rings. The molecule has 0 saturated heterocycles. The van der Waals surface area contributed by atoms with E-state index >= 15 is 0 Å². The number of non-ortho nitro benzene ring substituents is 3. The minimum atomic E-state index is -0.925. The lowest BCUT2D eigenvalue weighted by Gasteiger charge is -2.03. The van der Waals surface area contributed by atoms with Crippen LogP contribution in [0.5, 0.6) is 0 Å². The highest BCUT2D eigenvalue weighted by atomic mass is 16.6. The molecule has 0 heterocycles. The van der Waals surface area contributed by atoms with Gasteiger partial charge in [0.15, 0.2) is 0 Å². The van der Waals surface area contributed by atoms with Crippen molar-refractivity contribution < 1.29 is 19.6 Å². The first kappa shape index (κ1) is 14.0. The number of nitro groups is 3. The first-order valence-corrected chi connectivity index (χ1v) is 5.36. The molecule has 21 heavy (non-hydrogen) atoms. The third kappa shape index (κ3) is 2.25. The van der Waals surface area contributed by atoms with E-state index in [9.17, 15) is 35.1 Å². The second-order valence-electron chi connectivity index (χ2n) is 3.96. The molecule has 0 bridgehead atoms. The fourth-order valence-electron chi connectivity index (χ4n) is 1.97. The number of rotatable bonds is 4. The highest BCUT2D eigenvalue weighted by molar-refractivity contribution is 6.05. The molecule has 0 fully saturated rings. The second kappa shape index (κ2) is 4.92. The van der Waals surface area contributed by atoms with Crippen molar-refractivity contribution in [2.24, 2.45) is 0 Å². The Morgan fingerprint density at radius 1 is 0.810 bits per heavy atom. The van der Waals surface area contributed by atoms with Crippen molar-refractivity contribution in [2.75, 3.05) is 0 Å². The fraction of sp³-hybridized carbons (Fsp3) is 0. The van der Waals surface area contributed by atoms with Gasteiger partial charge in [-0.3, -0.25) is 35.1 Å². The number of hydrogen-bond donors (Lipinski definition) is 0. The zero-order valence-corrected chi connectivity index (χ0v) is 10.1. The monoisotopic (exact) mass is 291 g/mol. The Kier molecular flexibility index (Phi) is 3.28. The van der Waals surface area contributed by atoms with Crippen LogP contribution in [0.3, 0.4) is 0 Å². The second-order valence-corrected chi connectivity index (χ2v) is 3.96. The van der Waals surface area contributed by atoms with Crippen molar-refractivity contribution in [3.8, 4) is 0 Å². The van der Waals surface area contributed by atoms with E-state index in [1.807, 2.05) is 0 Å². The number of benzene rings is 2. The molecule has 0 aliphatic heterocycles. The molecule has 0 saturated carbocycles. The molecule has 0 N–H and O–H groups in total. The zero-order chi connectivity index (χ0) is 15.7. The summed E-state index contributed by atoms with van der Waals surface area (Å²) in [7, 11) is 0. The van der Waals surface area contributed by atoms with Crippen molar-refractivity contribution in [3.63, 3.8) is 0 Å². The molecule has 2 aromatic carbocycles. The summed E-state index contributed by atoms with van der Waals surface area (Å²) in [5, 5.41) is 32.1. The standard InChI is InChI=1S/C11H5N3O7/c15-5-6-3-7-8(12(16)17)1-2-9(13(18)19)11(7)10(4-6)14(20)21/h1-5H. The minimum Gasteiger partial charge on any atom is -0.298 e. The van der Waals surface area contributed by atoms with Crippen LogP contribution in [-0.4, -0.2) is 21.1 Å². The van der Waals surface area contributed by atoms with Gasteiger partial charge in [-0.1, -0.05) is 0 Å². The maximum absolute atomic E-state index is 11.0. The van der Waals surface area contributed by atoms with Crippen molar-refractivity contribution >= 4 is 34.1 Å². The van der Waals surface area contributed by atoms with Gasteiger partial charge in [0.05, 0.1) is 20.2 Å².